The van der Waals surface area contributed by atoms with E-state index in [9.17, 15) is 4.79 Å². The monoisotopic (exact) mass is 436 g/mol. The standard InChI is InChI=1S/C26H20N4OS/c1-2-17-30-24(19-13-7-4-8-14-19)28-29-26(30)32-23-22(18-11-5-3-6-12-18)20-15-9-10-16-21(20)27-25(23)31/h2-16H,1,17H2,(H,27,31). The molecule has 0 unspecified atom stereocenters. The number of allylic oxidation sites excluding steroid dienone is 1. The van der Waals surface area contributed by atoms with Gasteiger partial charge in [0.05, 0.1) is 4.90 Å². The van der Waals surface area contributed by atoms with E-state index in [1.807, 2.05) is 95.6 Å². The number of rotatable bonds is 6. The van der Waals surface area contributed by atoms with Gasteiger partial charge in [-0.2, -0.15) is 0 Å². The van der Waals surface area contributed by atoms with Crippen molar-refractivity contribution in [1.29, 1.82) is 0 Å². The predicted octanol–water partition coefficient (Wildman–Crippen LogP) is 5.79. The smallest absolute Gasteiger partial charge is 0.263 e. The summed E-state index contributed by atoms with van der Waals surface area (Å²) in [6.07, 6.45) is 1.81. The van der Waals surface area contributed by atoms with Gasteiger partial charge in [-0.25, -0.2) is 0 Å². The molecule has 0 aliphatic carbocycles. The topological polar surface area (TPSA) is 63.6 Å². The molecule has 2 aromatic heterocycles. The zero-order chi connectivity index (χ0) is 21.9. The first-order chi connectivity index (χ1) is 15.8. The summed E-state index contributed by atoms with van der Waals surface area (Å²) in [5, 5.41) is 10.5. The van der Waals surface area contributed by atoms with Crippen LogP contribution in [0.25, 0.3) is 33.4 Å². The molecule has 5 aromatic rings. The third kappa shape index (κ3) is 3.65. The van der Waals surface area contributed by atoms with E-state index < -0.39 is 0 Å². The maximum Gasteiger partial charge on any atom is 0.263 e. The van der Waals surface area contributed by atoms with Crippen molar-refractivity contribution >= 4 is 22.7 Å². The summed E-state index contributed by atoms with van der Waals surface area (Å²) in [5.74, 6) is 0.742. The second-order valence-electron chi connectivity index (χ2n) is 7.24. The highest BCUT2D eigenvalue weighted by atomic mass is 32.2. The van der Waals surface area contributed by atoms with Crippen LogP contribution in [0.15, 0.2) is 112 Å². The molecular formula is C26H20N4OS. The number of fused-ring (bicyclic) bond motifs is 1. The lowest BCUT2D eigenvalue weighted by Gasteiger charge is -2.13. The number of hydrogen-bond acceptors (Lipinski definition) is 4. The lowest BCUT2D eigenvalue weighted by molar-refractivity contribution is 0.731. The number of aromatic amines is 1. The molecule has 156 valence electrons. The van der Waals surface area contributed by atoms with Gasteiger partial charge >= 0.3 is 0 Å². The van der Waals surface area contributed by atoms with Gasteiger partial charge in [0.1, 0.15) is 0 Å². The lowest BCUT2D eigenvalue weighted by Crippen LogP contribution is -2.11. The van der Waals surface area contributed by atoms with Crippen LogP contribution in [0.3, 0.4) is 0 Å². The van der Waals surface area contributed by atoms with Crippen LogP contribution in [0.2, 0.25) is 0 Å². The predicted molar refractivity (Wildman–Crippen MR) is 130 cm³/mol. The van der Waals surface area contributed by atoms with Crippen LogP contribution < -0.4 is 5.56 Å². The van der Waals surface area contributed by atoms with Gasteiger partial charge in [0.2, 0.25) is 0 Å². The van der Waals surface area contributed by atoms with Crippen LogP contribution in [-0.4, -0.2) is 19.7 Å². The first-order valence-electron chi connectivity index (χ1n) is 10.2. The van der Waals surface area contributed by atoms with Crippen LogP contribution >= 0.6 is 11.8 Å². The largest absolute Gasteiger partial charge is 0.321 e. The van der Waals surface area contributed by atoms with E-state index in [0.717, 1.165) is 33.4 Å². The van der Waals surface area contributed by atoms with Crippen molar-refractivity contribution < 1.29 is 0 Å². The molecule has 0 bridgehead atoms. The first kappa shape index (κ1) is 20.0. The number of aromatic nitrogens is 4. The van der Waals surface area contributed by atoms with Crippen molar-refractivity contribution in [3.8, 4) is 22.5 Å². The molecule has 3 aromatic carbocycles. The molecule has 0 amide bonds. The summed E-state index contributed by atoms with van der Waals surface area (Å²) in [7, 11) is 0. The summed E-state index contributed by atoms with van der Waals surface area (Å²) >= 11 is 1.33. The quantitative estimate of drug-likeness (QED) is 0.342. The van der Waals surface area contributed by atoms with Crippen molar-refractivity contribution in [1.82, 2.24) is 19.7 Å². The molecular weight excluding hydrogens is 416 g/mol. The average molecular weight is 437 g/mol. The number of hydrogen-bond donors (Lipinski definition) is 1. The molecule has 32 heavy (non-hydrogen) atoms. The Morgan fingerprint density at radius 2 is 1.53 bits per heavy atom. The number of para-hydroxylation sites is 1. The minimum atomic E-state index is -0.151. The number of H-pyrrole nitrogens is 1. The van der Waals surface area contributed by atoms with Crippen LogP contribution in [0, 0.1) is 0 Å². The fourth-order valence-electron chi connectivity index (χ4n) is 3.76. The van der Waals surface area contributed by atoms with E-state index in [1.54, 1.807) is 0 Å². The Morgan fingerprint density at radius 1 is 0.875 bits per heavy atom. The van der Waals surface area contributed by atoms with Crippen molar-refractivity contribution in [2.75, 3.05) is 0 Å². The molecule has 6 heteroatoms. The Hall–Kier alpha value is -3.90. The molecule has 0 radical (unpaired) electrons. The van der Waals surface area contributed by atoms with E-state index in [-0.39, 0.29) is 5.56 Å². The van der Waals surface area contributed by atoms with E-state index in [1.165, 1.54) is 11.8 Å². The third-order valence-corrected chi connectivity index (χ3v) is 6.27. The van der Waals surface area contributed by atoms with Crippen molar-refractivity contribution in [3.05, 3.63) is 108 Å². The van der Waals surface area contributed by atoms with Gasteiger partial charge < -0.3 is 4.98 Å². The van der Waals surface area contributed by atoms with Crippen molar-refractivity contribution in [2.24, 2.45) is 0 Å². The Morgan fingerprint density at radius 3 is 2.25 bits per heavy atom. The Kier molecular flexibility index (Phi) is 5.44. The van der Waals surface area contributed by atoms with Gasteiger partial charge in [0, 0.05) is 28.6 Å². The van der Waals surface area contributed by atoms with E-state index in [4.69, 9.17) is 0 Å². The van der Waals surface area contributed by atoms with Gasteiger partial charge in [-0.3, -0.25) is 9.36 Å². The Balaban J connectivity index is 1.71. The van der Waals surface area contributed by atoms with E-state index in [0.29, 0.717) is 16.6 Å². The highest BCUT2D eigenvalue weighted by Crippen LogP contribution is 2.38. The molecule has 5 rings (SSSR count). The lowest BCUT2D eigenvalue weighted by atomic mass is 10.0. The summed E-state index contributed by atoms with van der Waals surface area (Å²) in [5.41, 5.74) is 3.49. The van der Waals surface area contributed by atoms with Crippen molar-refractivity contribution in [3.63, 3.8) is 0 Å². The molecule has 2 heterocycles. The van der Waals surface area contributed by atoms with E-state index in [2.05, 4.69) is 21.8 Å². The minimum absolute atomic E-state index is 0.151. The fraction of sp³-hybridized carbons (Fsp3) is 0.0385. The Labute approximate surface area is 189 Å². The maximum absolute atomic E-state index is 13.2. The molecule has 0 saturated heterocycles. The minimum Gasteiger partial charge on any atom is -0.321 e. The van der Waals surface area contributed by atoms with Gasteiger partial charge in [-0.15, -0.1) is 16.8 Å². The van der Waals surface area contributed by atoms with Gasteiger partial charge in [-0.1, -0.05) is 84.9 Å². The maximum atomic E-state index is 13.2. The van der Waals surface area contributed by atoms with Gasteiger partial charge in [0.25, 0.3) is 5.56 Å². The summed E-state index contributed by atoms with van der Waals surface area (Å²) in [6.45, 7) is 4.42. The van der Waals surface area contributed by atoms with Crippen LogP contribution in [-0.2, 0) is 6.54 Å². The zero-order valence-corrected chi connectivity index (χ0v) is 18.0. The van der Waals surface area contributed by atoms with Crippen LogP contribution in [0.4, 0.5) is 0 Å². The normalized spacial score (nSPS) is 11.0. The number of benzene rings is 3. The highest BCUT2D eigenvalue weighted by Gasteiger charge is 2.20. The number of nitrogens with one attached hydrogen (secondary N) is 1. The van der Waals surface area contributed by atoms with Gasteiger partial charge in [-0.05, 0) is 23.4 Å². The molecule has 0 fully saturated rings. The molecule has 1 N–H and O–H groups in total. The molecule has 0 aliphatic rings. The fourth-order valence-corrected chi connectivity index (χ4v) is 4.77. The average Bonchev–Trinajstić information content (AvgIpc) is 3.23. The molecule has 0 spiro atoms. The molecule has 5 nitrogen and oxygen atoms in total. The number of nitrogens with zero attached hydrogens (tertiary/aromatic N) is 3. The molecule has 0 atom stereocenters. The van der Waals surface area contributed by atoms with Crippen LogP contribution in [0.5, 0.6) is 0 Å². The summed E-state index contributed by atoms with van der Waals surface area (Å²) < 4.78 is 1.98. The first-order valence-corrected chi connectivity index (χ1v) is 11.1. The zero-order valence-electron chi connectivity index (χ0n) is 17.2. The highest BCUT2D eigenvalue weighted by molar-refractivity contribution is 7.99. The number of pyridine rings is 1. The second kappa shape index (κ2) is 8.69. The second-order valence-corrected chi connectivity index (χ2v) is 8.22. The molecule has 0 saturated carbocycles. The van der Waals surface area contributed by atoms with Gasteiger partial charge in [0.15, 0.2) is 11.0 Å². The molecule has 0 aliphatic heterocycles. The SMILES string of the molecule is C=CCn1c(Sc2c(-c3ccccc3)c3ccccc3[nH]c2=O)nnc1-c1ccccc1. The summed E-state index contributed by atoms with van der Waals surface area (Å²) in [6, 6.07) is 27.7. The summed E-state index contributed by atoms with van der Waals surface area (Å²) in [4.78, 5) is 16.8. The van der Waals surface area contributed by atoms with E-state index >= 15 is 0 Å². The van der Waals surface area contributed by atoms with Crippen molar-refractivity contribution in [2.45, 2.75) is 16.6 Å². The Bertz CT molecular complexity index is 1460. The third-order valence-electron chi connectivity index (χ3n) is 5.19. The van der Waals surface area contributed by atoms with Crippen LogP contribution in [0.1, 0.15) is 0 Å².